The van der Waals surface area contributed by atoms with Gasteiger partial charge >= 0.3 is 0 Å². The van der Waals surface area contributed by atoms with E-state index in [2.05, 4.69) is 22.6 Å². The fraction of sp³-hybridized carbons (Fsp3) is 0.591. The first-order valence-corrected chi connectivity index (χ1v) is 10.6. The quantitative estimate of drug-likeness (QED) is 0.733. The van der Waals surface area contributed by atoms with Crippen LogP contribution >= 0.6 is 0 Å². The topological polar surface area (TPSA) is 81.8 Å². The van der Waals surface area contributed by atoms with Crippen molar-refractivity contribution in [1.82, 2.24) is 20.4 Å². The van der Waals surface area contributed by atoms with Gasteiger partial charge in [-0.1, -0.05) is 24.6 Å². The number of nitrogens with one attached hydrogen (secondary N) is 2. The molecule has 3 amide bonds. The number of hydrogen-bond donors (Lipinski definition) is 2. The Hall–Kier alpha value is -2.25. The van der Waals surface area contributed by atoms with Crippen LogP contribution in [-0.2, 0) is 22.7 Å². The fourth-order valence-electron chi connectivity index (χ4n) is 5.05. The van der Waals surface area contributed by atoms with Gasteiger partial charge in [-0.15, -0.1) is 0 Å². The van der Waals surface area contributed by atoms with Gasteiger partial charge in [0.1, 0.15) is 6.04 Å². The zero-order chi connectivity index (χ0) is 20.5. The molecule has 7 nitrogen and oxygen atoms in total. The Balaban J connectivity index is 1.50. The van der Waals surface area contributed by atoms with Crippen LogP contribution in [0.2, 0.25) is 0 Å². The molecule has 156 valence electrons. The second-order valence-corrected chi connectivity index (χ2v) is 8.57. The van der Waals surface area contributed by atoms with Crippen LogP contribution in [0, 0.1) is 0 Å². The number of carbonyl (C=O) groups excluding carboxylic acids is 3. The summed E-state index contributed by atoms with van der Waals surface area (Å²) in [6, 6.07) is 6.50. The highest BCUT2D eigenvalue weighted by Gasteiger charge is 2.40. The molecular formula is C22H30N4O3. The summed E-state index contributed by atoms with van der Waals surface area (Å²) in [6.45, 7) is 1.16. The van der Waals surface area contributed by atoms with Crippen LogP contribution in [0.15, 0.2) is 18.2 Å². The maximum Gasteiger partial charge on any atom is 0.255 e. The van der Waals surface area contributed by atoms with E-state index in [4.69, 9.17) is 0 Å². The molecule has 2 N–H and O–H groups in total. The van der Waals surface area contributed by atoms with Crippen LogP contribution in [0.25, 0.3) is 0 Å². The molecule has 7 heteroatoms. The predicted molar refractivity (Wildman–Crippen MR) is 109 cm³/mol. The van der Waals surface area contributed by atoms with Crippen molar-refractivity contribution in [3.8, 4) is 0 Å². The standard InChI is InChI=1S/C22H30N4O3/c1-23-16-7-4-8-17(11-16)25(2)12-14-5-3-6-15-13-26(22(29)20(14)15)18-9-10-19(27)24-21(18)28/h3,5-6,16-18,23H,4,7-13H2,1-2H3,(H,24,27,28). The van der Waals surface area contributed by atoms with E-state index >= 15 is 0 Å². The van der Waals surface area contributed by atoms with Crippen LogP contribution in [0.1, 0.15) is 60.0 Å². The van der Waals surface area contributed by atoms with E-state index in [9.17, 15) is 14.4 Å². The van der Waals surface area contributed by atoms with E-state index in [1.807, 2.05) is 25.2 Å². The van der Waals surface area contributed by atoms with E-state index in [1.54, 1.807) is 4.90 Å². The minimum Gasteiger partial charge on any atom is -0.322 e. The van der Waals surface area contributed by atoms with E-state index < -0.39 is 6.04 Å². The molecular weight excluding hydrogens is 368 g/mol. The molecule has 0 bridgehead atoms. The van der Waals surface area contributed by atoms with Crippen molar-refractivity contribution in [1.29, 1.82) is 0 Å². The summed E-state index contributed by atoms with van der Waals surface area (Å²) in [7, 11) is 4.17. The molecule has 3 atom stereocenters. The molecule has 0 radical (unpaired) electrons. The van der Waals surface area contributed by atoms with Crippen LogP contribution < -0.4 is 10.6 Å². The largest absolute Gasteiger partial charge is 0.322 e. The lowest BCUT2D eigenvalue weighted by atomic mass is 9.90. The maximum absolute atomic E-state index is 13.2. The van der Waals surface area contributed by atoms with Gasteiger partial charge in [-0.2, -0.15) is 0 Å². The second-order valence-electron chi connectivity index (χ2n) is 8.57. The van der Waals surface area contributed by atoms with Crippen molar-refractivity contribution >= 4 is 17.7 Å². The molecule has 0 aromatic heterocycles. The Kier molecular flexibility index (Phi) is 5.69. The fourth-order valence-corrected chi connectivity index (χ4v) is 5.05. The van der Waals surface area contributed by atoms with Crippen molar-refractivity contribution in [3.63, 3.8) is 0 Å². The highest BCUT2D eigenvalue weighted by atomic mass is 16.2. The second kappa shape index (κ2) is 8.24. The molecule has 1 aromatic carbocycles. The number of carbonyl (C=O) groups is 3. The molecule has 1 aromatic rings. The van der Waals surface area contributed by atoms with E-state index in [0.29, 0.717) is 25.0 Å². The number of amides is 3. The number of nitrogens with zero attached hydrogens (tertiary/aromatic N) is 2. The number of fused-ring (bicyclic) bond motifs is 1. The van der Waals surface area contributed by atoms with Gasteiger partial charge in [0, 0.05) is 37.2 Å². The lowest BCUT2D eigenvalue weighted by Crippen LogP contribution is -2.52. The summed E-state index contributed by atoms with van der Waals surface area (Å²) in [5.74, 6) is -0.707. The third-order valence-corrected chi connectivity index (χ3v) is 6.74. The molecule has 0 spiro atoms. The van der Waals surface area contributed by atoms with Gasteiger partial charge < -0.3 is 10.2 Å². The van der Waals surface area contributed by atoms with Gasteiger partial charge in [0.2, 0.25) is 11.8 Å². The Morgan fingerprint density at radius 3 is 2.79 bits per heavy atom. The molecule has 29 heavy (non-hydrogen) atoms. The monoisotopic (exact) mass is 398 g/mol. The van der Waals surface area contributed by atoms with Gasteiger partial charge in [0.15, 0.2) is 0 Å². The molecule has 1 aliphatic carbocycles. The summed E-state index contributed by atoms with van der Waals surface area (Å²) in [6.07, 6.45) is 5.42. The van der Waals surface area contributed by atoms with Crippen molar-refractivity contribution in [3.05, 3.63) is 34.9 Å². The third kappa shape index (κ3) is 3.94. The maximum atomic E-state index is 13.2. The Morgan fingerprint density at radius 2 is 2.03 bits per heavy atom. The van der Waals surface area contributed by atoms with Crippen LogP contribution in [-0.4, -0.2) is 59.7 Å². The van der Waals surface area contributed by atoms with Gasteiger partial charge in [-0.25, -0.2) is 0 Å². The first-order chi connectivity index (χ1) is 14.0. The van der Waals surface area contributed by atoms with Crippen molar-refractivity contribution < 1.29 is 14.4 Å². The molecule has 3 aliphatic rings. The molecule has 3 unspecified atom stereocenters. The number of rotatable bonds is 5. The third-order valence-electron chi connectivity index (χ3n) is 6.74. The Morgan fingerprint density at radius 1 is 1.21 bits per heavy atom. The highest BCUT2D eigenvalue weighted by molar-refractivity contribution is 6.05. The normalized spacial score (nSPS) is 27.3. The van der Waals surface area contributed by atoms with Gasteiger partial charge in [0.05, 0.1) is 0 Å². The first kappa shape index (κ1) is 20.0. The molecule has 2 heterocycles. The van der Waals surface area contributed by atoms with Gasteiger partial charge in [-0.05, 0) is 50.9 Å². The average Bonchev–Trinajstić information content (AvgIpc) is 3.05. The van der Waals surface area contributed by atoms with E-state index in [-0.39, 0.29) is 24.1 Å². The van der Waals surface area contributed by atoms with E-state index in [0.717, 1.165) is 29.7 Å². The van der Waals surface area contributed by atoms with Crippen molar-refractivity contribution in [2.45, 2.75) is 69.7 Å². The lowest BCUT2D eigenvalue weighted by Gasteiger charge is -2.35. The van der Waals surface area contributed by atoms with Crippen LogP contribution in [0.4, 0.5) is 0 Å². The predicted octanol–water partition coefficient (Wildman–Crippen LogP) is 1.41. The highest BCUT2D eigenvalue weighted by Crippen LogP contribution is 2.31. The Bertz CT molecular complexity index is 824. The number of imide groups is 1. The van der Waals surface area contributed by atoms with Gasteiger partial charge in [-0.3, -0.25) is 24.6 Å². The molecule has 1 saturated heterocycles. The first-order valence-electron chi connectivity index (χ1n) is 10.6. The average molecular weight is 399 g/mol. The Labute approximate surface area is 171 Å². The zero-order valence-corrected chi connectivity index (χ0v) is 17.2. The summed E-state index contributed by atoms with van der Waals surface area (Å²) in [5.41, 5.74) is 2.74. The molecule has 1 saturated carbocycles. The summed E-state index contributed by atoms with van der Waals surface area (Å²) in [5, 5.41) is 5.77. The number of benzene rings is 1. The summed E-state index contributed by atoms with van der Waals surface area (Å²) < 4.78 is 0. The van der Waals surface area contributed by atoms with E-state index in [1.165, 1.54) is 19.3 Å². The zero-order valence-electron chi connectivity index (χ0n) is 17.2. The SMILES string of the molecule is CNC1CCCC(N(C)Cc2cccc3c2C(=O)N(C2CCC(=O)NC2=O)C3)C1. The number of piperidine rings is 1. The molecule has 2 aliphatic heterocycles. The minimum atomic E-state index is -0.562. The number of hydrogen-bond acceptors (Lipinski definition) is 5. The van der Waals surface area contributed by atoms with Crippen molar-refractivity contribution in [2.75, 3.05) is 14.1 Å². The lowest BCUT2D eigenvalue weighted by molar-refractivity contribution is -0.136. The molecule has 2 fully saturated rings. The van der Waals surface area contributed by atoms with Crippen molar-refractivity contribution in [2.24, 2.45) is 0 Å². The van der Waals surface area contributed by atoms with Crippen LogP contribution in [0.3, 0.4) is 0 Å². The van der Waals surface area contributed by atoms with Gasteiger partial charge in [0.25, 0.3) is 5.91 Å². The molecule has 4 rings (SSSR count). The summed E-state index contributed by atoms with van der Waals surface area (Å²) in [4.78, 5) is 41.0. The van der Waals surface area contributed by atoms with Crippen LogP contribution in [0.5, 0.6) is 0 Å². The minimum absolute atomic E-state index is 0.0877. The summed E-state index contributed by atoms with van der Waals surface area (Å²) >= 11 is 0. The smallest absolute Gasteiger partial charge is 0.255 e.